The molecule has 0 spiro atoms. The van der Waals surface area contributed by atoms with Crippen LogP contribution >= 0.6 is 0 Å². The minimum absolute atomic E-state index is 0.502. The summed E-state index contributed by atoms with van der Waals surface area (Å²) in [5.74, 6) is 0. The lowest BCUT2D eigenvalue weighted by Crippen LogP contribution is -2.49. The lowest BCUT2D eigenvalue weighted by molar-refractivity contribution is -0.0124. The molecule has 1 aliphatic rings. The molecule has 18 heavy (non-hydrogen) atoms. The van der Waals surface area contributed by atoms with Gasteiger partial charge < -0.3 is 10.1 Å². The van der Waals surface area contributed by atoms with E-state index in [1.807, 2.05) is 0 Å². The van der Waals surface area contributed by atoms with Crippen LogP contribution in [0, 0.1) is 0 Å². The van der Waals surface area contributed by atoms with E-state index in [0.717, 1.165) is 13.0 Å². The van der Waals surface area contributed by atoms with Gasteiger partial charge in [-0.2, -0.15) is 0 Å². The maximum Gasteiger partial charge on any atom is 0.0604 e. The first-order valence-electron chi connectivity index (χ1n) is 7.23. The van der Waals surface area contributed by atoms with Gasteiger partial charge in [-0.15, -0.1) is 0 Å². The number of hydrogen-bond acceptors (Lipinski definition) is 2. The number of ether oxygens (including phenoxy) is 1. The van der Waals surface area contributed by atoms with Crippen LogP contribution in [0.5, 0.6) is 0 Å². The fourth-order valence-corrected chi connectivity index (χ4v) is 2.63. The highest BCUT2D eigenvalue weighted by molar-refractivity contribution is 5.16. The summed E-state index contributed by atoms with van der Waals surface area (Å²) in [5.41, 5.74) is 1.43. The molecule has 0 amide bonds. The third kappa shape index (κ3) is 3.82. The summed E-state index contributed by atoms with van der Waals surface area (Å²) < 4.78 is 5.60. The van der Waals surface area contributed by atoms with Crippen LogP contribution in [0.25, 0.3) is 0 Å². The molecule has 2 nitrogen and oxygen atoms in total. The standard InChI is InChI=1S/C16H25NO/c1-3-14(10-13-8-6-5-7-9-13)17-15-11-16(12-15)18-4-2/h5-9,14-17H,3-4,10-12H2,1-2H3. The van der Waals surface area contributed by atoms with Gasteiger partial charge in [0.15, 0.2) is 0 Å². The van der Waals surface area contributed by atoms with E-state index >= 15 is 0 Å². The third-order valence-corrected chi connectivity index (χ3v) is 3.79. The molecule has 0 radical (unpaired) electrons. The van der Waals surface area contributed by atoms with E-state index in [1.54, 1.807) is 0 Å². The van der Waals surface area contributed by atoms with E-state index in [4.69, 9.17) is 4.74 Å². The van der Waals surface area contributed by atoms with Crippen LogP contribution in [0.15, 0.2) is 30.3 Å². The molecule has 1 aromatic carbocycles. The maximum atomic E-state index is 5.60. The summed E-state index contributed by atoms with van der Waals surface area (Å²) in [6.45, 7) is 5.18. The van der Waals surface area contributed by atoms with Gasteiger partial charge in [0.2, 0.25) is 0 Å². The van der Waals surface area contributed by atoms with Crippen molar-refractivity contribution in [1.82, 2.24) is 5.32 Å². The van der Waals surface area contributed by atoms with Gasteiger partial charge in [0.05, 0.1) is 6.10 Å². The van der Waals surface area contributed by atoms with Crippen molar-refractivity contribution in [1.29, 1.82) is 0 Å². The second kappa shape index (κ2) is 6.91. The van der Waals surface area contributed by atoms with Gasteiger partial charge in [0, 0.05) is 18.7 Å². The van der Waals surface area contributed by atoms with Crippen LogP contribution in [-0.4, -0.2) is 24.8 Å². The first kappa shape index (κ1) is 13.6. The van der Waals surface area contributed by atoms with Crippen LogP contribution in [0.2, 0.25) is 0 Å². The van der Waals surface area contributed by atoms with Crippen LogP contribution in [0.4, 0.5) is 0 Å². The zero-order chi connectivity index (χ0) is 12.8. The fraction of sp³-hybridized carbons (Fsp3) is 0.625. The molecule has 0 aromatic heterocycles. The first-order chi connectivity index (χ1) is 8.81. The Bertz CT molecular complexity index is 332. The molecular formula is C16H25NO. The Hall–Kier alpha value is -0.860. The summed E-state index contributed by atoms with van der Waals surface area (Å²) in [7, 11) is 0. The van der Waals surface area contributed by atoms with E-state index < -0.39 is 0 Å². The molecule has 1 aliphatic carbocycles. The minimum atomic E-state index is 0.502. The second-order valence-electron chi connectivity index (χ2n) is 5.21. The van der Waals surface area contributed by atoms with Gasteiger partial charge >= 0.3 is 0 Å². The van der Waals surface area contributed by atoms with Gasteiger partial charge in [0.1, 0.15) is 0 Å². The minimum Gasteiger partial charge on any atom is -0.378 e. The number of nitrogens with one attached hydrogen (secondary N) is 1. The van der Waals surface area contributed by atoms with Crippen molar-refractivity contribution < 1.29 is 4.74 Å². The van der Waals surface area contributed by atoms with Crippen molar-refractivity contribution in [2.75, 3.05) is 6.61 Å². The van der Waals surface area contributed by atoms with Crippen molar-refractivity contribution >= 4 is 0 Å². The quantitative estimate of drug-likeness (QED) is 0.799. The van der Waals surface area contributed by atoms with E-state index in [0.29, 0.717) is 18.2 Å². The monoisotopic (exact) mass is 247 g/mol. The van der Waals surface area contributed by atoms with Crippen LogP contribution in [-0.2, 0) is 11.2 Å². The van der Waals surface area contributed by atoms with Crippen LogP contribution < -0.4 is 5.32 Å². The number of benzene rings is 1. The van der Waals surface area contributed by atoms with Gasteiger partial charge in [-0.1, -0.05) is 37.3 Å². The molecule has 1 fully saturated rings. The molecule has 2 rings (SSSR count). The molecule has 0 heterocycles. The summed E-state index contributed by atoms with van der Waals surface area (Å²) in [6, 6.07) is 12.0. The lowest BCUT2D eigenvalue weighted by Gasteiger charge is -2.38. The lowest BCUT2D eigenvalue weighted by atomic mass is 9.88. The molecule has 2 heteroatoms. The summed E-state index contributed by atoms with van der Waals surface area (Å²) >= 11 is 0. The molecule has 1 unspecified atom stereocenters. The Balaban J connectivity index is 1.74. The Morgan fingerprint density at radius 2 is 1.94 bits per heavy atom. The van der Waals surface area contributed by atoms with Gasteiger partial charge in [-0.3, -0.25) is 0 Å². The van der Waals surface area contributed by atoms with E-state index in [-0.39, 0.29) is 0 Å². The van der Waals surface area contributed by atoms with E-state index in [2.05, 4.69) is 49.5 Å². The maximum absolute atomic E-state index is 5.60. The van der Waals surface area contributed by atoms with Crippen LogP contribution in [0.1, 0.15) is 38.7 Å². The smallest absolute Gasteiger partial charge is 0.0604 e. The Kier molecular flexibility index (Phi) is 5.21. The summed E-state index contributed by atoms with van der Waals surface area (Å²) in [5, 5.41) is 3.76. The molecule has 0 saturated heterocycles. The number of rotatable bonds is 7. The van der Waals surface area contributed by atoms with Crippen molar-refractivity contribution in [2.45, 2.75) is 57.7 Å². The molecule has 0 aliphatic heterocycles. The van der Waals surface area contributed by atoms with Crippen molar-refractivity contribution in [2.24, 2.45) is 0 Å². The molecule has 100 valence electrons. The zero-order valence-electron chi connectivity index (χ0n) is 11.6. The average molecular weight is 247 g/mol. The van der Waals surface area contributed by atoms with Gasteiger partial charge in [0.25, 0.3) is 0 Å². The Morgan fingerprint density at radius 1 is 1.22 bits per heavy atom. The Morgan fingerprint density at radius 3 is 2.56 bits per heavy atom. The number of hydrogen-bond donors (Lipinski definition) is 1. The van der Waals surface area contributed by atoms with Crippen LogP contribution in [0.3, 0.4) is 0 Å². The average Bonchev–Trinajstić information content (AvgIpc) is 2.36. The highest BCUT2D eigenvalue weighted by Gasteiger charge is 2.30. The topological polar surface area (TPSA) is 21.3 Å². The van der Waals surface area contributed by atoms with Crippen molar-refractivity contribution in [3.63, 3.8) is 0 Å². The molecule has 1 N–H and O–H groups in total. The molecule has 1 aromatic rings. The predicted octanol–water partition coefficient (Wildman–Crippen LogP) is 3.16. The summed E-state index contributed by atoms with van der Waals surface area (Å²) in [6.07, 6.45) is 5.18. The van der Waals surface area contributed by atoms with E-state index in [9.17, 15) is 0 Å². The normalized spacial score (nSPS) is 24.6. The molecule has 1 atom stereocenters. The molecule has 0 bridgehead atoms. The first-order valence-corrected chi connectivity index (χ1v) is 7.23. The molecular weight excluding hydrogens is 222 g/mol. The fourth-order valence-electron chi connectivity index (χ4n) is 2.63. The van der Waals surface area contributed by atoms with Gasteiger partial charge in [-0.05, 0) is 38.2 Å². The van der Waals surface area contributed by atoms with Crippen molar-refractivity contribution in [3.8, 4) is 0 Å². The van der Waals surface area contributed by atoms with Gasteiger partial charge in [-0.25, -0.2) is 0 Å². The predicted molar refractivity (Wildman–Crippen MR) is 75.8 cm³/mol. The summed E-state index contributed by atoms with van der Waals surface area (Å²) in [4.78, 5) is 0. The third-order valence-electron chi connectivity index (χ3n) is 3.79. The van der Waals surface area contributed by atoms with Crippen molar-refractivity contribution in [3.05, 3.63) is 35.9 Å². The second-order valence-corrected chi connectivity index (χ2v) is 5.21. The highest BCUT2D eigenvalue weighted by atomic mass is 16.5. The zero-order valence-corrected chi connectivity index (χ0v) is 11.6. The Labute approximate surface area is 111 Å². The SMILES string of the molecule is CCOC1CC(NC(CC)Cc2ccccc2)C1. The van der Waals surface area contributed by atoms with E-state index in [1.165, 1.54) is 24.8 Å². The molecule has 1 saturated carbocycles. The highest BCUT2D eigenvalue weighted by Crippen LogP contribution is 2.24. The largest absolute Gasteiger partial charge is 0.378 e.